The van der Waals surface area contributed by atoms with Crippen molar-refractivity contribution in [2.24, 2.45) is 5.92 Å². The predicted octanol–water partition coefficient (Wildman–Crippen LogP) is 6.19. The Labute approximate surface area is 292 Å². The third kappa shape index (κ3) is 6.98. The highest BCUT2D eigenvalue weighted by molar-refractivity contribution is 5.89. The summed E-state index contributed by atoms with van der Waals surface area (Å²) in [6.07, 6.45) is 9.23. The van der Waals surface area contributed by atoms with Crippen LogP contribution in [-0.4, -0.2) is 63.2 Å². The van der Waals surface area contributed by atoms with Crippen molar-refractivity contribution in [3.8, 4) is 16.8 Å². The van der Waals surface area contributed by atoms with Gasteiger partial charge in [0, 0.05) is 32.1 Å². The number of benzene rings is 2. The first kappa shape index (κ1) is 34.5. The van der Waals surface area contributed by atoms with Gasteiger partial charge in [-0.1, -0.05) is 56.2 Å². The summed E-state index contributed by atoms with van der Waals surface area (Å²) < 4.78 is 22.9. The van der Waals surface area contributed by atoms with Crippen LogP contribution in [0.1, 0.15) is 82.7 Å². The number of halogens is 1. The van der Waals surface area contributed by atoms with Gasteiger partial charge < -0.3 is 10.1 Å². The zero-order chi connectivity index (χ0) is 34.7. The summed E-state index contributed by atoms with van der Waals surface area (Å²) in [4.78, 5) is 48.7. The molecule has 3 fully saturated rings. The smallest absolute Gasteiger partial charge is 0.337 e. The molecule has 2 saturated carbocycles. The molecule has 50 heavy (non-hydrogen) atoms. The largest absolute Gasteiger partial charge is 0.379 e. The van der Waals surface area contributed by atoms with E-state index in [2.05, 4.69) is 34.3 Å². The van der Waals surface area contributed by atoms with Crippen molar-refractivity contribution >= 4 is 16.8 Å². The van der Waals surface area contributed by atoms with Crippen molar-refractivity contribution in [2.45, 2.75) is 89.3 Å². The summed E-state index contributed by atoms with van der Waals surface area (Å²) >= 11 is 0. The van der Waals surface area contributed by atoms with Crippen LogP contribution in [0.2, 0.25) is 0 Å². The number of fused-ring (bicyclic) bond motifs is 1. The van der Waals surface area contributed by atoms with E-state index in [-0.39, 0.29) is 23.0 Å². The molecule has 3 aliphatic rings. The zero-order valence-corrected chi connectivity index (χ0v) is 29.0. The van der Waals surface area contributed by atoms with Crippen LogP contribution in [0.25, 0.3) is 27.8 Å². The van der Waals surface area contributed by atoms with Gasteiger partial charge in [0.1, 0.15) is 5.82 Å². The number of carbonyl (C=O) groups is 1. The number of ketones is 1. The van der Waals surface area contributed by atoms with E-state index in [1.165, 1.54) is 20.8 Å². The van der Waals surface area contributed by atoms with Crippen LogP contribution in [-0.2, 0) is 16.1 Å². The molecule has 0 unspecified atom stereocenters. The Morgan fingerprint density at radius 1 is 1.00 bits per heavy atom. The molecular formula is C40H48FN5O4. The summed E-state index contributed by atoms with van der Waals surface area (Å²) in [5, 5.41) is 3.65. The van der Waals surface area contributed by atoms with Gasteiger partial charge in [-0.25, -0.2) is 18.7 Å². The van der Waals surface area contributed by atoms with Gasteiger partial charge in [-0.3, -0.25) is 19.1 Å². The van der Waals surface area contributed by atoms with E-state index < -0.39 is 22.6 Å². The number of hydrogen-bond acceptors (Lipinski definition) is 7. The van der Waals surface area contributed by atoms with Gasteiger partial charge in [-0.2, -0.15) is 0 Å². The molecule has 0 amide bonds. The molecule has 1 N–H and O–H groups in total. The molecule has 9 nitrogen and oxygen atoms in total. The second-order valence-electron chi connectivity index (χ2n) is 14.4. The van der Waals surface area contributed by atoms with E-state index in [0.717, 1.165) is 88.4 Å². The van der Waals surface area contributed by atoms with Gasteiger partial charge in [0.05, 0.1) is 36.0 Å². The first-order chi connectivity index (χ1) is 24.4. The number of rotatable bonds is 11. The highest BCUT2D eigenvalue weighted by Crippen LogP contribution is 2.37. The van der Waals surface area contributed by atoms with Crippen molar-refractivity contribution < 1.29 is 13.9 Å². The number of Topliss-reactive ketones (excluding diaryl/α,β-unsaturated/α-hetero) is 1. The van der Waals surface area contributed by atoms with Gasteiger partial charge in [0.25, 0.3) is 5.56 Å². The van der Waals surface area contributed by atoms with Gasteiger partial charge in [-0.15, -0.1) is 0 Å². The van der Waals surface area contributed by atoms with Crippen molar-refractivity contribution in [1.82, 2.24) is 24.3 Å². The number of carbonyl (C=O) groups excluding carboxylic acids is 1. The zero-order valence-electron chi connectivity index (χ0n) is 29.0. The van der Waals surface area contributed by atoms with E-state index in [9.17, 15) is 18.8 Å². The highest BCUT2D eigenvalue weighted by atomic mass is 19.1. The maximum Gasteiger partial charge on any atom is 0.337 e. The Balaban J connectivity index is 1.19. The summed E-state index contributed by atoms with van der Waals surface area (Å²) in [6.45, 7) is 6.92. The normalized spacial score (nSPS) is 21.1. The minimum atomic E-state index is -0.628. The number of morpholine rings is 1. The van der Waals surface area contributed by atoms with Crippen LogP contribution in [0.5, 0.6) is 0 Å². The lowest BCUT2D eigenvalue weighted by Crippen LogP contribution is -2.50. The minimum absolute atomic E-state index is 0.0743. The van der Waals surface area contributed by atoms with Crippen molar-refractivity contribution in [3.05, 3.63) is 93.0 Å². The quantitative estimate of drug-likeness (QED) is 0.202. The number of aromatic nitrogens is 3. The Hall–Kier alpha value is -3.99. The predicted molar refractivity (Wildman–Crippen MR) is 193 cm³/mol. The van der Waals surface area contributed by atoms with E-state index in [0.29, 0.717) is 43.9 Å². The molecule has 0 bridgehead atoms. The molecule has 1 aliphatic heterocycles. The summed E-state index contributed by atoms with van der Waals surface area (Å²) in [5.74, 6) is -0.103. The number of ether oxygens (including phenoxy) is 1. The Kier molecular flexibility index (Phi) is 10.4. The van der Waals surface area contributed by atoms with Crippen LogP contribution < -0.4 is 16.6 Å². The summed E-state index contributed by atoms with van der Waals surface area (Å²) in [6, 6.07) is 16.8. The number of pyridine rings is 1. The fraction of sp³-hybridized carbons (Fsp3) is 0.500. The van der Waals surface area contributed by atoms with E-state index in [1.807, 2.05) is 36.4 Å². The topological polar surface area (TPSA) is 98.5 Å². The molecule has 0 radical (unpaired) electrons. The molecule has 264 valence electrons. The van der Waals surface area contributed by atoms with Crippen LogP contribution >= 0.6 is 0 Å². The molecule has 2 aromatic heterocycles. The third-order valence-corrected chi connectivity index (χ3v) is 11.2. The molecule has 3 heterocycles. The maximum absolute atomic E-state index is 14.6. The number of nitrogens with zero attached hydrogens (tertiary/aromatic N) is 4. The highest BCUT2D eigenvalue weighted by Gasteiger charge is 2.41. The van der Waals surface area contributed by atoms with Gasteiger partial charge in [0.15, 0.2) is 11.4 Å². The fourth-order valence-electron chi connectivity index (χ4n) is 8.45. The monoisotopic (exact) mass is 681 g/mol. The lowest BCUT2D eigenvalue weighted by molar-refractivity contribution is -0.126. The van der Waals surface area contributed by atoms with Crippen LogP contribution in [0.4, 0.5) is 4.39 Å². The summed E-state index contributed by atoms with van der Waals surface area (Å²) in [5.41, 5.74) is 2.47. The molecule has 2 aromatic carbocycles. The third-order valence-electron chi connectivity index (χ3n) is 11.2. The molecule has 7 rings (SSSR count). The standard InChI is InChI=1S/C40H48FN5O4/c1-2-18-43-40(16-5-6-17-40)36(47)23-28-12-14-32(15-13-28)46-38(48)35-25-31(41)26-42-37(35)45(39(46)49)33-10-7-9-29(24-33)34-11-4-3-8-30(34)27-44-19-21-50-22-20-44/h3-4,7-11,24-26,28,32,43H,2,5-6,12-23,27H2,1H3. The van der Waals surface area contributed by atoms with Crippen molar-refractivity contribution in [3.63, 3.8) is 0 Å². The Bertz CT molecular complexity index is 1950. The molecule has 4 aromatic rings. The average molecular weight is 682 g/mol. The van der Waals surface area contributed by atoms with Gasteiger partial charge in [-0.05, 0) is 92.3 Å². The lowest BCUT2D eigenvalue weighted by atomic mass is 9.79. The molecule has 0 atom stereocenters. The molecular weight excluding hydrogens is 633 g/mol. The fourth-order valence-corrected chi connectivity index (χ4v) is 8.45. The first-order valence-electron chi connectivity index (χ1n) is 18.5. The molecule has 10 heteroatoms. The van der Waals surface area contributed by atoms with Crippen LogP contribution in [0.3, 0.4) is 0 Å². The number of hydrogen-bond donors (Lipinski definition) is 1. The van der Waals surface area contributed by atoms with Gasteiger partial charge in [0.2, 0.25) is 0 Å². The second kappa shape index (κ2) is 15.1. The van der Waals surface area contributed by atoms with Crippen molar-refractivity contribution in [2.75, 3.05) is 32.8 Å². The maximum atomic E-state index is 14.6. The van der Waals surface area contributed by atoms with E-state index >= 15 is 0 Å². The van der Waals surface area contributed by atoms with E-state index in [4.69, 9.17) is 4.74 Å². The summed E-state index contributed by atoms with van der Waals surface area (Å²) in [7, 11) is 0. The SMILES string of the molecule is CCCNC1(C(=O)CC2CCC(n3c(=O)c4cc(F)cnc4n(-c4cccc(-c5ccccc5CN5CCOCC5)c4)c3=O)CC2)CCCC1. The first-order valence-corrected chi connectivity index (χ1v) is 18.5. The van der Waals surface area contributed by atoms with Gasteiger partial charge >= 0.3 is 5.69 Å². The average Bonchev–Trinajstić information content (AvgIpc) is 3.63. The van der Waals surface area contributed by atoms with Crippen LogP contribution in [0, 0.1) is 11.7 Å². The van der Waals surface area contributed by atoms with E-state index in [1.54, 1.807) is 0 Å². The molecule has 1 saturated heterocycles. The lowest BCUT2D eigenvalue weighted by Gasteiger charge is -2.33. The minimum Gasteiger partial charge on any atom is -0.379 e. The molecule has 0 spiro atoms. The number of nitrogens with one attached hydrogen (secondary N) is 1. The molecule has 2 aliphatic carbocycles. The second-order valence-corrected chi connectivity index (χ2v) is 14.4. The van der Waals surface area contributed by atoms with Crippen LogP contribution in [0.15, 0.2) is 70.4 Å². The Morgan fingerprint density at radius 2 is 1.76 bits per heavy atom. The van der Waals surface area contributed by atoms with Crippen molar-refractivity contribution in [1.29, 1.82) is 0 Å². The Morgan fingerprint density at radius 3 is 2.52 bits per heavy atom.